The number of hydrogen-bond acceptors (Lipinski definition) is 12. The first-order valence-electron chi connectivity index (χ1n) is 21.8. The van der Waals surface area contributed by atoms with Crippen LogP contribution in [0.3, 0.4) is 0 Å². The molecule has 4 fully saturated rings. The molecule has 17 heteroatoms. The van der Waals surface area contributed by atoms with Crippen molar-refractivity contribution in [2.75, 3.05) is 39.3 Å². The Kier molecular flexibility index (Phi) is 12.9. The van der Waals surface area contributed by atoms with Gasteiger partial charge in [-0.25, -0.2) is 19.3 Å². The van der Waals surface area contributed by atoms with Crippen LogP contribution in [0.4, 0.5) is 10.6 Å². The summed E-state index contributed by atoms with van der Waals surface area (Å²) in [5, 5.41) is 14.7. The number of halogens is 1. The Morgan fingerprint density at radius 2 is 1.79 bits per heavy atom. The zero-order valence-corrected chi connectivity index (χ0v) is 38.1. The smallest absolute Gasteiger partial charge is 0.408 e. The van der Waals surface area contributed by atoms with Crippen LogP contribution in [0.25, 0.3) is 16.7 Å². The van der Waals surface area contributed by atoms with Gasteiger partial charge in [-0.05, 0) is 87.2 Å². The average Bonchev–Trinajstić information content (AvgIpc) is 3.74. The highest BCUT2D eigenvalue weighted by molar-refractivity contribution is 6.36. The highest BCUT2D eigenvalue weighted by atomic mass is 35.5. The summed E-state index contributed by atoms with van der Waals surface area (Å²) in [6.07, 6.45) is 4.49. The van der Waals surface area contributed by atoms with Crippen LogP contribution in [0.2, 0.25) is 5.02 Å². The van der Waals surface area contributed by atoms with Crippen LogP contribution in [0.1, 0.15) is 93.4 Å². The Hall–Kier alpha value is -4.83. The average molecular weight is 880 g/mol. The molecule has 4 aliphatic rings. The minimum Gasteiger partial charge on any atom is -0.490 e. The van der Waals surface area contributed by atoms with E-state index in [-0.39, 0.29) is 48.1 Å². The summed E-state index contributed by atoms with van der Waals surface area (Å²) in [5.41, 5.74) is -1.42. The number of rotatable bonds is 15. The quantitative estimate of drug-likeness (QED) is 0.112. The van der Waals surface area contributed by atoms with Gasteiger partial charge in [0.25, 0.3) is 0 Å². The number of alkyl carbamates (subject to hydrolysis) is 1. The second-order valence-corrected chi connectivity index (χ2v) is 19.8. The Morgan fingerprint density at radius 3 is 2.44 bits per heavy atom. The lowest BCUT2D eigenvalue weighted by Gasteiger charge is -2.36. The van der Waals surface area contributed by atoms with Gasteiger partial charge in [0, 0.05) is 43.3 Å². The molecule has 3 heterocycles. The van der Waals surface area contributed by atoms with Crippen LogP contribution >= 0.6 is 11.6 Å². The van der Waals surface area contributed by atoms with Gasteiger partial charge in [-0.2, -0.15) is 0 Å². The fourth-order valence-corrected chi connectivity index (χ4v) is 9.80. The number of esters is 1. The molecule has 338 valence electrons. The largest absolute Gasteiger partial charge is 0.490 e. The number of nitrogens with one attached hydrogen (secondary N) is 3. The molecule has 3 aromatic rings. The molecular formula is C45H62ClN7O9. The lowest BCUT2D eigenvalue weighted by atomic mass is 9.85. The predicted molar refractivity (Wildman–Crippen MR) is 233 cm³/mol. The summed E-state index contributed by atoms with van der Waals surface area (Å²) in [6, 6.07) is 5.12. The summed E-state index contributed by atoms with van der Waals surface area (Å²) in [5.74, 6) is 1.04. The van der Waals surface area contributed by atoms with E-state index in [1.54, 1.807) is 36.2 Å². The molecule has 3 N–H and O–H groups in total. The van der Waals surface area contributed by atoms with Crippen molar-refractivity contribution in [3.8, 4) is 17.3 Å². The van der Waals surface area contributed by atoms with E-state index >= 15 is 0 Å². The molecule has 1 aromatic carbocycles. The number of nitrogens with zero attached hydrogens (tertiary/aromatic N) is 4. The van der Waals surface area contributed by atoms with E-state index in [0.29, 0.717) is 59.4 Å². The number of anilines is 1. The number of likely N-dealkylation sites (tertiary alicyclic amines) is 1. The van der Waals surface area contributed by atoms with Gasteiger partial charge in [0.15, 0.2) is 5.82 Å². The summed E-state index contributed by atoms with van der Waals surface area (Å²) < 4.78 is 30.6. The van der Waals surface area contributed by atoms with Gasteiger partial charge in [0.05, 0.1) is 25.8 Å². The molecule has 3 amide bonds. The van der Waals surface area contributed by atoms with Crippen molar-refractivity contribution in [3.63, 3.8) is 0 Å². The van der Waals surface area contributed by atoms with Crippen LogP contribution in [0, 0.1) is 22.7 Å². The van der Waals surface area contributed by atoms with Crippen LogP contribution < -0.4 is 25.4 Å². The number of fused-ring (bicyclic) bond motifs is 2. The van der Waals surface area contributed by atoms with Crippen LogP contribution in [0.5, 0.6) is 11.5 Å². The van der Waals surface area contributed by atoms with Gasteiger partial charge >= 0.3 is 12.1 Å². The minimum absolute atomic E-state index is 0.0141. The van der Waals surface area contributed by atoms with Gasteiger partial charge < -0.3 is 44.5 Å². The topological polar surface area (TPSA) is 184 Å². The number of methoxy groups -OCH3 is 2. The van der Waals surface area contributed by atoms with Gasteiger partial charge in [0.1, 0.15) is 58.8 Å². The first-order valence-corrected chi connectivity index (χ1v) is 22.1. The fraction of sp³-hybridized carbons (Fsp3) is 0.644. The maximum absolute atomic E-state index is 14.9. The highest BCUT2D eigenvalue weighted by Gasteiger charge is 2.58. The highest BCUT2D eigenvalue weighted by Crippen LogP contribution is 2.63. The monoisotopic (exact) mass is 879 g/mol. The minimum atomic E-state index is -1.24. The van der Waals surface area contributed by atoms with Gasteiger partial charge in [-0.3, -0.25) is 9.59 Å². The van der Waals surface area contributed by atoms with E-state index in [0.717, 1.165) is 25.7 Å². The Morgan fingerprint density at radius 1 is 1.02 bits per heavy atom. The molecule has 0 bridgehead atoms. The van der Waals surface area contributed by atoms with Crippen LogP contribution in [-0.4, -0.2) is 113 Å². The van der Waals surface area contributed by atoms with Gasteiger partial charge in [-0.1, -0.05) is 46.2 Å². The normalized spacial score (nSPS) is 27.1. The molecule has 62 heavy (non-hydrogen) atoms. The van der Waals surface area contributed by atoms with Crippen molar-refractivity contribution in [1.82, 2.24) is 30.3 Å². The second-order valence-electron chi connectivity index (χ2n) is 19.4. The Bertz CT molecular complexity index is 2180. The van der Waals surface area contributed by atoms with E-state index in [1.807, 2.05) is 47.6 Å². The molecule has 3 saturated carbocycles. The number of carbonyl (C=O) groups is 4. The summed E-state index contributed by atoms with van der Waals surface area (Å²) in [7, 11) is 2.89. The number of pyridine rings is 1. The lowest BCUT2D eigenvalue weighted by molar-refractivity contribution is -0.152. The van der Waals surface area contributed by atoms with Crippen molar-refractivity contribution in [2.45, 2.75) is 129 Å². The van der Waals surface area contributed by atoms with Crippen LogP contribution in [-0.2, 0) is 28.6 Å². The molecule has 1 aliphatic heterocycles. The summed E-state index contributed by atoms with van der Waals surface area (Å²) in [4.78, 5) is 62.7. The van der Waals surface area contributed by atoms with E-state index < -0.39 is 53.0 Å². The standard InChI is InChI=1S/C45H62ClN7O9/c1-25(2)47-34-13-15-53(51-34)35-20-33(30-10-11-32(60-17-16-58-8)36(46)37(30)48-35)61-29-19-31(39(54)50-45(41(56)59-9)14-12-26(3)21-45)52(24-29)40(55)38(43(4,5)6)49-42(57)62-28-18-27-22-44(27,7)23-28/h10-11,13,15,20,25-29,31,38H,12,14,16-19,21-24H2,1-9H3,(H,47,51)(H,49,57)(H,50,54)/t26?,27-,28-,29-,31+,38-,44?,45-/m1/s1. The third-order valence-electron chi connectivity index (χ3n) is 12.9. The van der Waals surface area contributed by atoms with E-state index in [2.05, 4.69) is 28.0 Å². The number of ether oxygens (including phenoxy) is 5. The first kappa shape index (κ1) is 45.2. The number of aromatic nitrogens is 3. The van der Waals surface area contributed by atoms with E-state index in [9.17, 15) is 19.2 Å². The molecule has 16 nitrogen and oxygen atoms in total. The summed E-state index contributed by atoms with van der Waals surface area (Å²) in [6.45, 7) is 14.4. The second kappa shape index (κ2) is 17.7. The molecular weight excluding hydrogens is 818 g/mol. The SMILES string of the molecule is COCCOc1ccc2c(O[C@@H]3C[C@@H](C(=O)N[C@]4(C(=O)OC)CCC(C)C4)N(C(=O)[C@@H](NC(=O)O[C@@H]4C[C@@H]5CC5(C)C4)C(C)(C)C)C3)cc(-n3ccc(NC(C)C)n3)nc2c1Cl. The zero-order valence-electron chi connectivity index (χ0n) is 37.3. The lowest BCUT2D eigenvalue weighted by Crippen LogP contribution is -2.61. The molecule has 7 rings (SSSR count). The predicted octanol–water partition coefficient (Wildman–Crippen LogP) is 6.45. The van der Waals surface area contributed by atoms with Crippen molar-refractivity contribution < 1.29 is 42.9 Å². The van der Waals surface area contributed by atoms with Crippen molar-refractivity contribution >= 4 is 52.2 Å². The van der Waals surface area contributed by atoms with Gasteiger partial charge in [0.2, 0.25) is 11.8 Å². The molecule has 3 aliphatic carbocycles. The molecule has 0 radical (unpaired) electrons. The van der Waals surface area contributed by atoms with Crippen molar-refractivity contribution in [3.05, 3.63) is 35.5 Å². The molecule has 1 saturated heterocycles. The molecule has 2 aromatic heterocycles. The molecule has 8 atom stereocenters. The Labute approximate surface area is 368 Å². The number of hydrogen-bond donors (Lipinski definition) is 3. The fourth-order valence-electron chi connectivity index (χ4n) is 9.54. The Balaban J connectivity index is 1.22. The maximum atomic E-state index is 14.9. The number of carbonyl (C=O) groups excluding carboxylic acids is 4. The summed E-state index contributed by atoms with van der Waals surface area (Å²) >= 11 is 6.99. The van der Waals surface area contributed by atoms with Crippen molar-refractivity contribution in [2.24, 2.45) is 22.7 Å². The first-order chi connectivity index (χ1) is 29.3. The molecule has 2 unspecified atom stereocenters. The third kappa shape index (κ3) is 9.55. The number of benzene rings is 1. The number of amides is 3. The van der Waals surface area contributed by atoms with Crippen LogP contribution in [0.15, 0.2) is 30.5 Å². The van der Waals surface area contributed by atoms with Crippen molar-refractivity contribution in [1.29, 1.82) is 0 Å². The van der Waals surface area contributed by atoms with E-state index in [1.165, 1.54) is 12.0 Å². The van der Waals surface area contributed by atoms with E-state index in [4.69, 9.17) is 40.3 Å². The molecule has 0 spiro atoms. The maximum Gasteiger partial charge on any atom is 0.408 e. The zero-order chi connectivity index (χ0) is 44.7. The van der Waals surface area contributed by atoms with Gasteiger partial charge in [-0.15, -0.1) is 5.10 Å². The third-order valence-corrected chi connectivity index (χ3v) is 13.3.